The molecule has 0 unspecified atom stereocenters. The molecule has 0 saturated heterocycles. The molecule has 0 radical (unpaired) electrons. The molecular formula is C10H18N4O3S. The summed E-state index contributed by atoms with van der Waals surface area (Å²) in [5.41, 5.74) is -0.320. The first-order chi connectivity index (χ1) is 8.21. The van der Waals surface area contributed by atoms with Crippen molar-refractivity contribution < 1.29 is 13.2 Å². The molecule has 0 aliphatic heterocycles. The number of carbonyl (C=O) groups is 1. The van der Waals surface area contributed by atoms with E-state index in [-0.39, 0.29) is 29.4 Å². The van der Waals surface area contributed by atoms with Crippen molar-refractivity contribution in [3.63, 3.8) is 0 Å². The molecule has 102 valence electrons. The van der Waals surface area contributed by atoms with Crippen molar-refractivity contribution in [2.24, 2.45) is 0 Å². The Hall–Kier alpha value is -1.41. The Morgan fingerprint density at radius 2 is 2.11 bits per heavy atom. The fourth-order valence-electron chi connectivity index (χ4n) is 1.25. The van der Waals surface area contributed by atoms with Crippen LogP contribution in [0, 0.1) is 0 Å². The number of amides is 1. The molecule has 7 nitrogen and oxygen atoms in total. The molecule has 1 heterocycles. The number of hydrogen-bond donors (Lipinski definition) is 3. The van der Waals surface area contributed by atoms with Crippen molar-refractivity contribution >= 4 is 15.9 Å². The van der Waals surface area contributed by atoms with Gasteiger partial charge in [0.2, 0.25) is 5.91 Å². The number of carbonyl (C=O) groups excluding carboxylic acids is 1. The molecule has 0 bridgehead atoms. The minimum Gasteiger partial charge on any atom is -0.351 e. The normalized spacial score (nSPS) is 12.4. The maximum absolute atomic E-state index is 11.6. The highest BCUT2D eigenvalue weighted by Crippen LogP contribution is 2.02. The smallest absolute Gasteiger partial charge is 0.257 e. The van der Waals surface area contributed by atoms with E-state index in [9.17, 15) is 13.2 Å². The zero-order chi connectivity index (χ0) is 13.8. The SMILES string of the molecule is CC(C)(C)NC(=O)CCNS(=O)(=O)c1ccn[nH]1. The van der Waals surface area contributed by atoms with Gasteiger partial charge in [0.05, 0.1) is 6.20 Å². The molecule has 0 aliphatic carbocycles. The molecule has 1 rings (SSSR count). The first-order valence-corrected chi connectivity index (χ1v) is 6.99. The fourth-order valence-corrected chi connectivity index (χ4v) is 2.19. The average molecular weight is 274 g/mol. The van der Waals surface area contributed by atoms with Crippen LogP contribution in [0.2, 0.25) is 0 Å². The second-order valence-electron chi connectivity index (χ2n) is 4.87. The summed E-state index contributed by atoms with van der Waals surface area (Å²) in [4.78, 5) is 11.5. The molecule has 0 atom stereocenters. The third kappa shape index (κ3) is 4.84. The molecule has 0 fully saturated rings. The number of nitrogens with zero attached hydrogens (tertiary/aromatic N) is 1. The van der Waals surface area contributed by atoms with Crippen LogP contribution >= 0.6 is 0 Å². The van der Waals surface area contributed by atoms with Crippen molar-refractivity contribution in [1.82, 2.24) is 20.2 Å². The Kier molecular flexibility index (Phi) is 4.47. The van der Waals surface area contributed by atoms with Crippen molar-refractivity contribution in [3.8, 4) is 0 Å². The Balaban J connectivity index is 2.41. The van der Waals surface area contributed by atoms with Gasteiger partial charge in [0.25, 0.3) is 10.0 Å². The lowest BCUT2D eigenvalue weighted by atomic mass is 10.1. The molecule has 1 aromatic heterocycles. The van der Waals surface area contributed by atoms with Crippen LogP contribution in [-0.2, 0) is 14.8 Å². The number of aromatic amines is 1. The van der Waals surface area contributed by atoms with E-state index in [0.717, 1.165) is 0 Å². The first kappa shape index (κ1) is 14.7. The molecule has 1 amide bonds. The highest BCUT2D eigenvalue weighted by molar-refractivity contribution is 7.89. The lowest BCUT2D eigenvalue weighted by Gasteiger charge is -2.20. The van der Waals surface area contributed by atoms with Gasteiger partial charge in [0, 0.05) is 18.5 Å². The van der Waals surface area contributed by atoms with Gasteiger partial charge in [-0.1, -0.05) is 0 Å². The third-order valence-electron chi connectivity index (χ3n) is 1.92. The molecule has 1 aromatic rings. The van der Waals surface area contributed by atoms with Crippen LogP contribution < -0.4 is 10.0 Å². The number of hydrogen-bond acceptors (Lipinski definition) is 4. The summed E-state index contributed by atoms with van der Waals surface area (Å²) in [6.45, 7) is 5.63. The first-order valence-electron chi connectivity index (χ1n) is 5.51. The van der Waals surface area contributed by atoms with E-state index >= 15 is 0 Å². The summed E-state index contributed by atoms with van der Waals surface area (Å²) in [6, 6.07) is 1.34. The number of nitrogens with one attached hydrogen (secondary N) is 3. The van der Waals surface area contributed by atoms with Crippen LogP contribution in [0.15, 0.2) is 17.3 Å². The predicted molar refractivity (Wildman–Crippen MR) is 66.3 cm³/mol. The molecular weight excluding hydrogens is 256 g/mol. The number of H-pyrrole nitrogens is 1. The van der Waals surface area contributed by atoms with Crippen molar-refractivity contribution in [1.29, 1.82) is 0 Å². The van der Waals surface area contributed by atoms with E-state index in [0.29, 0.717) is 0 Å². The zero-order valence-electron chi connectivity index (χ0n) is 10.6. The van der Waals surface area contributed by atoms with Crippen molar-refractivity contribution in [2.75, 3.05) is 6.54 Å². The Morgan fingerprint density at radius 1 is 1.44 bits per heavy atom. The second-order valence-corrected chi connectivity index (χ2v) is 6.60. The maximum Gasteiger partial charge on any atom is 0.257 e. The van der Waals surface area contributed by atoms with Gasteiger partial charge in [0.15, 0.2) is 5.03 Å². The second kappa shape index (κ2) is 5.49. The summed E-state index contributed by atoms with van der Waals surface area (Å²) in [7, 11) is -3.60. The fraction of sp³-hybridized carbons (Fsp3) is 0.600. The van der Waals surface area contributed by atoms with E-state index in [2.05, 4.69) is 20.2 Å². The minimum absolute atomic E-state index is 0.0151. The van der Waals surface area contributed by atoms with E-state index < -0.39 is 10.0 Å². The van der Waals surface area contributed by atoms with Crippen LogP contribution in [0.3, 0.4) is 0 Å². The van der Waals surface area contributed by atoms with Gasteiger partial charge < -0.3 is 5.32 Å². The van der Waals surface area contributed by atoms with Gasteiger partial charge in [-0.3, -0.25) is 9.89 Å². The van der Waals surface area contributed by atoms with E-state index in [4.69, 9.17) is 0 Å². The number of aromatic nitrogens is 2. The van der Waals surface area contributed by atoms with E-state index in [1.54, 1.807) is 0 Å². The lowest BCUT2D eigenvalue weighted by Crippen LogP contribution is -2.41. The van der Waals surface area contributed by atoms with Crippen LogP contribution in [0.5, 0.6) is 0 Å². The summed E-state index contributed by atoms with van der Waals surface area (Å²) >= 11 is 0. The van der Waals surface area contributed by atoms with E-state index in [1.807, 2.05) is 20.8 Å². The topological polar surface area (TPSA) is 104 Å². The van der Waals surface area contributed by atoms with Gasteiger partial charge >= 0.3 is 0 Å². The highest BCUT2D eigenvalue weighted by atomic mass is 32.2. The van der Waals surface area contributed by atoms with Gasteiger partial charge in [-0.05, 0) is 26.8 Å². The average Bonchev–Trinajstić information content (AvgIpc) is 2.66. The summed E-state index contributed by atoms with van der Waals surface area (Å²) in [6.07, 6.45) is 1.44. The minimum atomic E-state index is -3.60. The molecule has 8 heteroatoms. The molecule has 18 heavy (non-hydrogen) atoms. The third-order valence-corrected chi connectivity index (χ3v) is 3.31. The van der Waals surface area contributed by atoms with Gasteiger partial charge in [-0.25, -0.2) is 13.1 Å². The maximum atomic E-state index is 11.6. The molecule has 0 aliphatic rings. The molecule has 0 spiro atoms. The Morgan fingerprint density at radius 3 is 2.61 bits per heavy atom. The zero-order valence-corrected chi connectivity index (χ0v) is 11.5. The molecule has 0 aromatic carbocycles. The van der Waals surface area contributed by atoms with Crippen LogP contribution in [-0.4, -0.2) is 36.6 Å². The largest absolute Gasteiger partial charge is 0.351 e. The van der Waals surface area contributed by atoms with Crippen molar-refractivity contribution in [3.05, 3.63) is 12.3 Å². The number of sulfonamides is 1. The molecule has 0 saturated carbocycles. The highest BCUT2D eigenvalue weighted by Gasteiger charge is 2.17. The summed E-state index contributed by atoms with van der Waals surface area (Å²) in [5.74, 6) is -0.199. The Labute approximate surface area is 106 Å². The van der Waals surface area contributed by atoms with Gasteiger partial charge in [-0.2, -0.15) is 5.10 Å². The van der Waals surface area contributed by atoms with Crippen LogP contribution in [0.25, 0.3) is 0 Å². The predicted octanol–water partition coefficient (Wildman–Crippen LogP) is -0.00720. The summed E-state index contributed by atoms with van der Waals surface area (Å²) < 4.78 is 25.6. The van der Waals surface area contributed by atoms with Gasteiger partial charge in [0.1, 0.15) is 0 Å². The van der Waals surface area contributed by atoms with Crippen LogP contribution in [0.4, 0.5) is 0 Å². The quantitative estimate of drug-likeness (QED) is 0.702. The number of rotatable bonds is 5. The van der Waals surface area contributed by atoms with Crippen LogP contribution in [0.1, 0.15) is 27.2 Å². The van der Waals surface area contributed by atoms with E-state index in [1.165, 1.54) is 12.3 Å². The lowest BCUT2D eigenvalue weighted by molar-refractivity contribution is -0.122. The molecule has 3 N–H and O–H groups in total. The van der Waals surface area contributed by atoms with Gasteiger partial charge in [-0.15, -0.1) is 0 Å². The standard InChI is InChI=1S/C10H18N4O3S/c1-10(2,3)13-8(15)4-7-12-18(16,17)9-5-6-11-14-9/h5-6,12H,4,7H2,1-3H3,(H,11,14)(H,13,15). The Bertz CT molecular complexity index is 488. The summed E-state index contributed by atoms with van der Waals surface area (Å²) in [5, 5.41) is 8.64. The monoisotopic (exact) mass is 274 g/mol. The van der Waals surface area contributed by atoms with Crippen molar-refractivity contribution in [2.45, 2.75) is 37.8 Å².